The van der Waals surface area contributed by atoms with Crippen LogP contribution >= 0.6 is 27.5 Å². The van der Waals surface area contributed by atoms with E-state index in [1.54, 1.807) is 42.5 Å². The van der Waals surface area contributed by atoms with Crippen molar-refractivity contribution in [2.24, 2.45) is 0 Å². The second-order valence-electron chi connectivity index (χ2n) is 4.03. The number of carbonyl (C=O) groups is 1. The van der Waals surface area contributed by atoms with E-state index in [-0.39, 0.29) is 12.5 Å². The zero-order valence-electron chi connectivity index (χ0n) is 10.4. The first-order valence-electron chi connectivity index (χ1n) is 5.78. The number of halogens is 2. The number of amides is 1. The Morgan fingerprint density at radius 3 is 2.60 bits per heavy atom. The maximum Gasteiger partial charge on any atom is 0.262 e. The lowest BCUT2D eigenvalue weighted by Crippen LogP contribution is -2.20. The largest absolute Gasteiger partial charge is 0.482 e. The maximum absolute atomic E-state index is 11.7. The molecule has 0 bridgehead atoms. The lowest BCUT2D eigenvalue weighted by molar-refractivity contribution is -0.118. The highest BCUT2D eigenvalue weighted by Crippen LogP contribution is 2.25. The van der Waals surface area contributed by atoms with Crippen LogP contribution in [-0.4, -0.2) is 12.5 Å². The molecule has 2 aromatic rings. The van der Waals surface area contributed by atoms with Crippen molar-refractivity contribution in [1.29, 1.82) is 0 Å². The van der Waals surface area contributed by atoms with Crippen LogP contribution in [0.2, 0.25) is 5.02 Å². The Bertz CT molecular complexity index is 617. The van der Waals surface area contributed by atoms with E-state index in [0.29, 0.717) is 22.1 Å². The minimum atomic E-state index is -0.269. The lowest BCUT2D eigenvalue weighted by atomic mass is 10.3. The first-order chi connectivity index (χ1) is 9.54. The van der Waals surface area contributed by atoms with E-state index in [9.17, 15) is 4.79 Å². The molecule has 0 heterocycles. The number of anilines is 2. The first-order valence-corrected chi connectivity index (χ1v) is 6.95. The zero-order valence-corrected chi connectivity index (χ0v) is 12.7. The van der Waals surface area contributed by atoms with Crippen LogP contribution in [0.25, 0.3) is 0 Å². The summed E-state index contributed by atoms with van der Waals surface area (Å²) in [4.78, 5) is 11.7. The van der Waals surface area contributed by atoms with Crippen LogP contribution < -0.4 is 15.8 Å². The van der Waals surface area contributed by atoms with Crippen molar-refractivity contribution in [2.45, 2.75) is 0 Å². The monoisotopic (exact) mass is 354 g/mol. The van der Waals surface area contributed by atoms with E-state index in [0.717, 1.165) is 4.47 Å². The zero-order chi connectivity index (χ0) is 14.5. The van der Waals surface area contributed by atoms with Gasteiger partial charge < -0.3 is 15.8 Å². The van der Waals surface area contributed by atoms with Crippen LogP contribution in [-0.2, 0) is 4.79 Å². The Balaban J connectivity index is 1.90. The Labute approximate surface area is 130 Å². The van der Waals surface area contributed by atoms with Crippen molar-refractivity contribution in [3.05, 3.63) is 52.0 Å². The molecule has 0 atom stereocenters. The van der Waals surface area contributed by atoms with Gasteiger partial charge in [0, 0.05) is 15.2 Å². The second kappa shape index (κ2) is 6.63. The third kappa shape index (κ3) is 4.15. The van der Waals surface area contributed by atoms with Crippen molar-refractivity contribution in [3.8, 4) is 5.75 Å². The van der Waals surface area contributed by atoms with Gasteiger partial charge in [0.2, 0.25) is 0 Å². The molecule has 104 valence electrons. The summed E-state index contributed by atoms with van der Waals surface area (Å²) in [5.74, 6) is 0.203. The fourth-order valence-corrected chi connectivity index (χ4v) is 2.03. The second-order valence-corrected chi connectivity index (χ2v) is 5.38. The molecule has 20 heavy (non-hydrogen) atoms. The smallest absolute Gasteiger partial charge is 0.262 e. The highest BCUT2D eigenvalue weighted by Gasteiger charge is 2.06. The van der Waals surface area contributed by atoms with Crippen molar-refractivity contribution < 1.29 is 9.53 Å². The molecule has 0 unspecified atom stereocenters. The highest BCUT2D eigenvalue weighted by atomic mass is 79.9. The fourth-order valence-electron chi connectivity index (χ4n) is 1.52. The molecule has 0 aliphatic heterocycles. The summed E-state index contributed by atoms with van der Waals surface area (Å²) in [7, 11) is 0. The molecule has 0 radical (unpaired) electrons. The molecule has 6 heteroatoms. The summed E-state index contributed by atoms with van der Waals surface area (Å²) >= 11 is 9.07. The minimum absolute atomic E-state index is 0.117. The van der Waals surface area contributed by atoms with Gasteiger partial charge >= 0.3 is 0 Å². The number of hydrogen-bond donors (Lipinski definition) is 2. The summed E-state index contributed by atoms with van der Waals surface area (Å²) in [6.45, 7) is -0.117. The van der Waals surface area contributed by atoms with Gasteiger partial charge in [-0.25, -0.2) is 0 Å². The van der Waals surface area contributed by atoms with Gasteiger partial charge in [-0.2, -0.15) is 0 Å². The van der Waals surface area contributed by atoms with Gasteiger partial charge in [0.25, 0.3) is 5.91 Å². The molecule has 0 saturated carbocycles. The Morgan fingerprint density at radius 1 is 1.25 bits per heavy atom. The normalized spacial score (nSPS) is 10.1. The van der Waals surface area contributed by atoms with Crippen molar-refractivity contribution >= 4 is 44.8 Å². The van der Waals surface area contributed by atoms with E-state index in [4.69, 9.17) is 22.1 Å². The summed E-state index contributed by atoms with van der Waals surface area (Å²) in [6.07, 6.45) is 0. The number of nitrogens with one attached hydrogen (secondary N) is 1. The molecule has 0 saturated heterocycles. The highest BCUT2D eigenvalue weighted by molar-refractivity contribution is 9.10. The van der Waals surface area contributed by atoms with Crippen LogP contribution in [0.1, 0.15) is 0 Å². The van der Waals surface area contributed by atoms with E-state index in [2.05, 4.69) is 21.2 Å². The third-order valence-electron chi connectivity index (χ3n) is 2.46. The number of hydrogen-bond acceptors (Lipinski definition) is 3. The third-order valence-corrected chi connectivity index (χ3v) is 3.20. The number of nitrogen functional groups attached to an aromatic ring is 1. The molecule has 0 fully saturated rings. The number of rotatable bonds is 4. The Morgan fingerprint density at radius 2 is 1.95 bits per heavy atom. The standard InChI is InChI=1S/C14H12BrClN2O2/c15-9-1-6-13(12(17)7-9)20-8-14(19)18-11-4-2-10(16)3-5-11/h1-7H,8,17H2,(H,18,19). The van der Waals surface area contributed by atoms with Crippen LogP contribution in [0.4, 0.5) is 11.4 Å². The van der Waals surface area contributed by atoms with E-state index in [1.165, 1.54) is 0 Å². The predicted octanol–water partition coefficient (Wildman–Crippen LogP) is 3.70. The van der Waals surface area contributed by atoms with Gasteiger partial charge in [0.1, 0.15) is 5.75 Å². The minimum Gasteiger partial charge on any atom is -0.482 e. The van der Waals surface area contributed by atoms with E-state index >= 15 is 0 Å². The first kappa shape index (κ1) is 14.7. The fraction of sp³-hybridized carbons (Fsp3) is 0.0714. The van der Waals surface area contributed by atoms with E-state index in [1.807, 2.05) is 0 Å². The summed E-state index contributed by atoms with van der Waals surface area (Å²) in [5, 5.41) is 3.31. The number of nitrogens with two attached hydrogens (primary N) is 1. The van der Waals surface area contributed by atoms with Gasteiger partial charge in [-0.05, 0) is 42.5 Å². The molecule has 0 aliphatic rings. The van der Waals surface area contributed by atoms with Crippen molar-refractivity contribution in [1.82, 2.24) is 0 Å². The molecule has 2 aromatic carbocycles. The Hall–Kier alpha value is -1.72. The molecule has 1 amide bonds. The van der Waals surface area contributed by atoms with Gasteiger partial charge in [-0.15, -0.1) is 0 Å². The average Bonchev–Trinajstić information content (AvgIpc) is 2.40. The topological polar surface area (TPSA) is 64.3 Å². The van der Waals surface area contributed by atoms with Crippen LogP contribution in [0.3, 0.4) is 0 Å². The average molecular weight is 356 g/mol. The molecule has 0 spiro atoms. The summed E-state index contributed by atoms with van der Waals surface area (Å²) in [5.41, 5.74) is 6.91. The molecule has 4 nitrogen and oxygen atoms in total. The molecular weight excluding hydrogens is 344 g/mol. The predicted molar refractivity (Wildman–Crippen MR) is 84.1 cm³/mol. The van der Waals surface area contributed by atoms with Gasteiger partial charge in [-0.3, -0.25) is 4.79 Å². The molecule has 3 N–H and O–H groups in total. The summed E-state index contributed by atoms with van der Waals surface area (Å²) < 4.78 is 6.22. The van der Waals surface area contributed by atoms with Crippen LogP contribution in [0.15, 0.2) is 46.9 Å². The van der Waals surface area contributed by atoms with Crippen LogP contribution in [0, 0.1) is 0 Å². The number of benzene rings is 2. The molecule has 0 aliphatic carbocycles. The Kier molecular flexibility index (Phi) is 4.87. The number of carbonyl (C=O) groups excluding carboxylic acids is 1. The lowest BCUT2D eigenvalue weighted by Gasteiger charge is -2.09. The van der Waals surface area contributed by atoms with Gasteiger partial charge in [0.05, 0.1) is 5.69 Å². The van der Waals surface area contributed by atoms with Gasteiger partial charge in [0.15, 0.2) is 6.61 Å². The SMILES string of the molecule is Nc1cc(Br)ccc1OCC(=O)Nc1ccc(Cl)cc1. The molecular formula is C14H12BrClN2O2. The quantitative estimate of drug-likeness (QED) is 0.822. The van der Waals surface area contributed by atoms with Crippen molar-refractivity contribution in [2.75, 3.05) is 17.7 Å². The number of ether oxygens (including phenoxy) is 1. The molecule has 2 rings (SSSR count). The summed E-state index contributed by atoms with van der Waals surface area (Å²) in [6, 6.07) is 12.0. The van der Waals surface area contributed by atoms with E-state index < -0.39 is 0 Å². The maximum atomic E-state index is 11.7. The van der Waals surface area contributed by atoms with Gasteiger partial charge in [-0.1, -0.05) is 27.5 Å². The van der Waals surface area contributed by atoms with Crippen LogP contribution in [0.5, 0.6) is 5.75 Å². The van der Waals surface area contributed by atoms with Crippen molar-refractivity contribution in [3.63, 3.8) is 0 Å². The molecule has 0 aromatic heterocycles.